The smallest absolute Gasteiger partial charge is 0.335 e. The standard InChI is InChI=1S/C18H19NO4S/c1-12-6-3-4-9-16(12)19-17(20)13(2)24(23)11-14-7-5-8-15(10-14)18(21)22/h3-10,13H,11H2,1-2H3,(H,19,20)(H,21,22). The van der Waals surface area contributed by atoms with Crippen molar-refractivity contribution in [3.8, 4) is 0 Å². The number of amides is 1. The Hall–Kier alpha value is -2.47. The first kappa shape index (κ1) is 17.9. The molecule has 2 N–H and O–H groups in total. The maximum atomic E-state index is 12.4. The zero-order valence-electron chi connectivity index (χ0n) is 13.5. The van der Waals surface area contributed by atoms with Crippen LogP contribution in [0.15, 0.2) is 48.5 Å². The normalized spacial score (nSPS) is 13.1. The van der Waals surface area contributed by atoms with E-state index in [0.717, 1.165) is 5.56 Å². The summed E-state index contributed by atoms with van der Waals surface area (Å²) in [5.41, 5.74) is 2.39. The van der Waals surface area contributed by atoms with Gasteiger partial charge in [-0.3, -0.25) is 9.00 Å². The minimum atomic E-state index is -1.45. The first-order chi connectivity index (χ1) is 11.4. The molecule has 5 nitrogen and oxygen atoms in total. The van der Waals surface area contributed by atoms with Gasteiger partial charge in [0.15, 0.2) is 0 Å². The zero-order chi connectivity index (χ0) is 17.7. The molecule has 0 aliphatic heterocycles. The van der Waals surface area contributed by atoms with Crippen molar-refractivity contribution in [2.24, 2.45) is 0 Å². The average molecular weight is 345 g/mol. The van der Waals surface area contributed by atoms with Crippen LogP contribution in [0.4, 0.5) is 5.69 Å². The molecule has 2 unspecified atom stereocenters. The molecule has 2 rings (SSSR count). The third kappa shape index (κ3) is 4.52. The van der Waals surface area contributed by atoms with Crippen LogP contribution in [0.3, 0.4) is 0 Å². The lowest BCUT2D eigenvalue weighted by molar-refractivity contribution is -0.115. The Kier molecular flexibility index (Phi) is 5.87. The number of nitrogens with one attached hydrogen (secondary N) is 1. The second kappa shape index (κ2) is 7.88. The lowest BCUT2D eigenvalue weighted by Crippen LogP contribution is -2.30. The van der Waals surface area contributed by atoms with E-state index in [0.29, 0.717) is 11.3 Å². The molecule has 0 aliphatic carbocycles. The van der Waals surface area contributed by atoms with Gasteiger partial charge in [0.2, 0.25) is 5.91 Å². The number of rotatable bonds is 6. The number of carboxylic acids is 1. The van der Waals surface area contributed by atoms with Crippen LogP contribution >= 0.6 is 0 Å². The average Bonchev–Trinajstić information content (AvgIpc) is 2.56. The summed E-state index contributed by atoms with van der Waals surface area (Å²) in [5.74, 6) is -1.23. The van der Waals surface area contributed by atoms with Gasteiger partial charge in [-0.05, 0) is 43.2 Å². The molecule has 1 amide bonds. The summed E-state index contributed by atoms with van der Waals surface area (Å²) < 4.78 is 12.4. The molecule has 24 heavy (non-hydrogen) atoms. The number of hydrogen-bond acceptors (Lipinski definition) is 3. The number of anilines is 1. The van der Waals surface area contributed by atoms with E-state index in [9.17, 15) is 13.8 Å². The fourth-order valence-corrected chi connectivity index (χ4v) is 3.21. The topological polar surface area (TPSA) is 83.5 Å². The van der Waals surface area contributed by atoms with Crippen molar-refractivity contribution >= 4 is 28.4 Å². The SMILES string of the molecule is Cc1ccccc1NC(=O)C(C)S(=O)Cc1cccc(C(=O)O)c1. The fraction of sp³-hybridized carbons (Fsp3) is 0.222. The predicted molar refractivity (Wildman–Crippen MR) is 94.5 cm³/mol. The van der Waals surface area contributed by atoms with Crippen LogP contribution in [0.1, 0.15) is 28.4 Å². The van der Waals surface area contributed by atoms with Crippen molar-refractivity contribution in [3.63, 3.8) is 0 Å². The summed E-state index contributed by atoms with van der Waals surface area (Å²) in [4.78, 5) is 23.2. The molecular formula is C18H19NO4S. The largest absolute Gasteiger partial charge is 0.478 e. The number of aryl methyl sites for hydroxylation is 1. The number of para-hydroxylation sites is 1. The van der Waals surface area contributed by atoms with Crippen LogP contribution in [0.5, 0.6) is 0 Å². The molecule has 2 aromatic carbocycles. The van der Waals surface area contributed by atoms with Gasteiger partial charge in [-0.2, -0.15) is 0 Å². The number of carboxylic acid groups (broad SMARTS) is 1. The van der Waals surface area contributed by atoms with Crippen molar-refractivity contribution in [1.29, 1.82) is 0 Å². The Labute approximate surface area is 143 Å². The van der Waals surface area contributed by atoms with Gasteiger partial charge >= 0.3 is 5.97 Å². The van der Waals surface area contributed by atoms with Gasteiger partial charge in [-0.1, -0.05) is 30.3 Å². The summed E-state index contributed by atoms with van der Waals surface area (Å²) in [6.45, 7) is 3.49. The van der Waals surface area contributed by atoms with E-state index in [1.165, 1.54) is 12.1 Å². The molecular weight excluding hydrogens is 326 g/mol. The summed E-state index contributed by atoms with van der Waals surface area (Å²) >= 11 is 0. The molecule has 0 fully saturated rings. The van der Waals surface area contributed by atoms with Crippen molar-refractivity contribution in [3.05, 3.63) is 65.2 Å². The highest BCUT2D eigenvalue weighted by molar-refractivity contribution is 7.85. The molecule has 0 aliphatic rings. The van der Waals surface area contributed by atoms with Gasteiger partial charge in [0.1, 0.15) is 5.25 Å². The maximum Gasteiger partial charge on any atom is 0.335 e. The molecule has 0 aromatic heterocycles. The van der Waals surface area contributed by atoms with E-state index in [4.69, 9.17) is 5.11 Å². The third-order valence-corrected chi connectivity index (χ3v) is 5.27. The number of carbonyl (C=O) groups excluding carboxylic acids is 1. The van der Waals surface area contributed by atoms with Crippen LogP contribution in [-0.2, 0) is 21.3 Å². The molecule has 0 heterocycles. The highest BCUT2D eigenvalue weighted by atomic mass is 32.2. The van der Waals surface area contributed by atoms with E-state index >= 15 is 0 Å². The molecule has 2 aromatic rings. The van der Waals surface area contributed by atoms with E-state index < -0.39 is 22.0 Å². The minimum absolute atomic E-state index is 0.128. The van der Waals surface area contributed by atoms with Crippen LogP contribution in [0.2, 0.25) is 0 Å². The van der Waals surface area contributed by atoms with E-state index in [2.05, 4.69) is 5.32 Å². The molecule has 0 bridgehead atoms. The predicted octanol–water partition coefficient (Wildman–Crippen LogP) is 2.97. The molecule has 0 saturated heterocycles. The highest BCUT2D eigenvalue weighted by Gasteiger charge is 2.21. The first-order valence-electron chi connectivity index (χ1n) is 7.44. The van der Waals surface area contributed by atoms with E-state index in [1.807, 2.05) is 25.1 Å². The molecule has 0 saturated carbocycles. The Bertz CT molecular complexity index is 788. The van der Waals surface area contributed by atoms with Gasteiger partial charge in [-0.15, -0.1) is 0 Å². The summed E-state index contributed by atoms with van der Waals surface area (Å²) in [6.07, 6.45) is 0. The van der Waals surface area contributed by atoms with Crippen molar-refractivity contribution < 1.29 is 18.9 Å². The van der Waals surface area contributed by atoms with E-state index in [1.54, 1.807) is 25.1 Å². The highest BCUT2D eigenvalue weighted by Crippen LogP contribution is 2.15. The van der Waals surface area contributed by atoms with Crippen molar-refractivity contribution in [2.75, 3.05) is 5.32 Å². The quantitative estimate of drug-likeness (QED) is 0.843. The van der Waals surface area contributed by atoms with Gasteiger partial charge < -0.3 is 10.4 Å². The van der Waals surface area contributed by atoms with Crippen LogP contribution in [-0.4, -0.2) is 26.4 Å². The Morgan fingerprint density at radius 3 is 2.54 bits per heavy atom. The van der Waals surface area contributed by atoms with Gasteiger partial charge in [0.05, 0.1) is 5.56 Å². The minimum Gasteiger partial charge on any atom is -0.478 e. The zero-order valence-corrected chi connectivity index (χ0v) is 14.3. The first-order valence-corrected chi connectivity index (χ1v) is 8.82. The fourth-order valence-electron chi connectivity index (χ4n) is 2.15. The number of benzene rings is 2. The monoisotopic (exact) mass is 345 g/mol. The number of hydrogen-bond donors (Lipinski definition) is 2. The Morgan fingerprint density at radius 1 is 1.17 bits per heavy atom. The van der Waals surface area contributed by atoms with Crippen LogP contribution in [0.25, 0.3) is 0 Å². The molecule has 6 heteroatoms. The lowest BCUT2D eigenvalue weighted by Gasteiger charge is -2.14. The van der Waals surface area contributed by atoms with Gasteiger partial charge in [0, 0.05) is 22.2 Å². The van der Waals surface area contributed by atoms with E-state index in [-0.39, 0.29) is 17.2 Å². The van der Waals surface area contributed by atoms with Crippen LogP contribution < -0.4 is 5.32 Å². The summed E-state index contributed by atoms with van der Waals surface area (Å²) in [7, 11) is -1.45. The van der Waals surface area contributed by atoms with Gasteiger partial charge in [0.25, 0.3) is 0 Å². The number of carbonyl (C=O) groups is 2. The van der Waals surface area contributed by atoms with Gasteiger partial charge in [-0.25, -0.2) is 4.79 Å². The third-order valence-electron chi connectivity index (χ3n) is 3.65. The summed E-state index contributed by atoms with van der Waals surface area (Å²) in [5, 5.41) is 11.1. The second-order valence-corrected chi connectivity index (χ2v) is 7.23. The van der Waals surface area contributed by atoms with Crippen LogP contribution in [0, 0.1) is 6.92 Å². The second-order valence-electron chi connectivity index (χ2n) is 5.48. The summed E-state index contributed by atoms with van der Waals surface area (Å²) in [6, 6.07) is 13.6. The van der Waals surface area contributed by atoms with Crippen molar-refractivity contribution in [1.82, 2.24) is 0 Å². The number of aromatic carboxylic acids is 1. The maximum absolute atomic E-state index is 12.4. The molecule has 126 valence electrons. The van der Waals surface area contributed by atoms with Crippen molar-refractivity contribution in [2.45, 2.75) is 24.9 Å². The molecule has 0 radical (unpaired) electrons. The lowest BCUT2D eigenvalue weighted by atomic mass is 10.1. The Balaban J connectivity index is 2.04. The molecule has 0 spiro atoms. The molecule has 2 atom stereocenters. The Morgan fingerprint density at radius 2 is 1.88 bits per heavy atom.